The molecule has 0 saturated heterocycles. The molecule has 0 saturated carbocycles. The molecule has 1 unspecified atom stereocenters. The number of aromatic amines is 1. The van der Waals surface area contributed by atoms with Crippen molar-refractivity contribution in [3.05, 3.63) is 64.3 Å². The Morgan fingerprint density at radius 1 is 1.21 bits per heavy atom. The predicted molar refractivity (Wildman–Crippen MR) is 99.1 cm³/mol. The van der Waals surface area contributed by atoms with Gasteiger partial charge in [-0.05, 0) is 54.4 Å². The van der Waals surface area contributed by atoms with Gasteiger partial charge in [0.05, 0.1) is 13.2 Å². The van der Waals surface area contributed by atoms with Gasteiger partial charge in [0.2, 0.25) is 0 Å². The Kier molecular flexibility index (Phi) is 3.99. The van der Waals surface area contributed by atoms with Crippen molar-refractivity contribution >= 4 is 22.5 Å². The molecule has 0 radical (unpaired) electrons. The average Bonchev–Trinajstić information content (AvgIpc) is 2.98. The second-order valence-corrected chi connectivity index (χ2v) is 6.70. The molecule has 0 spiro atoms. The summed E-state index contributed by atoms with van der Waals surface area (Å²) in [5.41, 5.74) is 5.15. The first-order chi connectivity index (χ1) is 11.7. The maximum Gasteiger partial charge on any atom is 0.118 e. The summed E-state index contributed by atoms with van der Waals surface area (Å²) in [6, 6.07) is 14.8. The number of rotatable bonds is 3. The van der Waals surface area contributed by atoms with E-state index in [1.807, 2.05) is 18.2 Å². The van der Waals surface area contributed by atoms with Crippen LogP contribution in [0.4, 0.5) is 0 Å². The molecular formula is C20H21ClN2O. The van der Waals surface area contributed by atoms with Gasteiger partial charge in [0.25, 0.3) is 0 Å². The van der Waals surface area contributed by atoms with Crippen LogP contribution in [0, 0.1) is 0 Å². The lowest BCUT2D eigenvalue weighted by atomic mass is 9.92. The molecule has 1 aromatic heterocycles. The fourth-order valence-electron chi connectivity index (χ4n) is 3.81. The molecule has 4 rings (SSSR count). The first-order valence-corrected chi connectivity index (χ1v) is 8.77. The summed E-state index contributed by atoms with van der Waals surface area (Å²) in [6.45, 7) is 4.30. The number of hydrogen-bond acceptors (Lipinski definition) is 2. The largest absolute Gasteiger partial charge is 0.497 e. The van der Waals surface area contributed by atoms with E-state index in [-0.39, 0.29) is 6.04 Å². The summed E-state index contributed by atoms with van der Waals surface area (Å²) in [5, 5.41) is 2.05. The number of halogens is 1. The summed E-state index contributed by atoms with van der Waals surface area (Å²) in [7, 11) is 1.70. The van der Waals surface area contributed by atoms with Crippen LogP contribution in [-0.4, -0.2) is 30.1 Å². The smallest absolute Gasteiger partial charge is 0.118 e. The van der Waals surface area contributed by atoms with Crippen molar-refractivity contribution in [1.29, 1.82) is 0 Å². The van der Waals surface area contributed by atoms with Crippen LogP contribution >= 0.6 is 11.6 Å². The van der Waals surface area contributed by atoms with E-state index in [0.717, 1.165) is 30.3 Å². The van der Waals surface area contributed by atoms with Crippen molar-refractivity contribution in [3.8, 4) is 5.75 Å². The minimum Gasteiger partial charge on any atom is -0.497 e. The molecule has 2 aromatic carbocycles. The number of hydrogen-bond donors (Lipinski definition) is 1. The molecule has 2 heterocycles. The number of aromatic nitrogens is 1. The topological polar surface area (TPSA) is 28.3 Å². The van der Waals surface area contributed by atoms with Gasteiger partial charge in [0.15, 0.2) is 0 Å². The van der Waals surface area contributed by atoms with Crippen LogP contribution in [0.3, 0.4) is 0 Å². The maximum atomic E-state index is 6.22. The van der Waals surface area contributed by atoms with E-state index in [4.69, 9.17) is 16.3 Å². The van der Waals surface area contributed by atoms with Crippen molar-refractivity contribution in [1.82, 2.24) is 9.88 Å². The van der Waals surface area contributed by atoms with Gasteiger partial charge in [0, 0.05) is 28.2 Å². The van der Waals surface area contributed by atoms with E-state index in [2.05, 4.69) is 41.1 Å². The summed E-state index contributed by atoms with van der Waals surface area (Å²) in [6.07, 6.45) is 1.05. The highest BCUT2D eigenvalue weighted by Crippen LogP contribution is 2.39. The Morgan fingerprint density at radius 3 is 2.71 bits per heavy atom. The highest BCUT2D eigenvalue weighted by atomic mass is 35.5. The molecule has 0 fully saturated rings. The van der Waals surface area contributed by atoms with E-state index in [1.54, 1.807) is 7.11 Å². The SMILES string of the molecule is CCN1CCc2c([nH]c3ccc(Cl)cc23)C1c1ccc(OC)cc1. The first-order valence-electron chi connectivity index (χ1n) is 8.39. The van der Waals surface area contributed by atoms with E-state index in [9.17, 15) is 0 Å². The zero-order chi connectivity index (χ0) is 16.7. The van der Waals surface area contributed by atoms with Crippen LogP contribution < -0.4 is 4.74 Å². The van der Waals surface area contributed by atoms with Crippen LogP contribution in [0.15, 0.2) is 42.5 Å². The molecule has 0 bridgehead atoms. The van der Waals surface area contributed by atoms with E-state index < -0.39 is 0 Å². The monoisotopic (exact) mass is 340 g/mol. The highest BCUT2D eigenvalue weighted by Gasteiger charge is 2.30. The second kappa shape index (κ2) is 6.15. The molecule has 1 aliphatic heterocycles. The molecule has 1 atom stereocenters. The van der Waals surface area contributed by atoms with Crippen molar-refractivity contribution in [2.75, 3.05) is 20.2 Å². The predicted octanol–water partition coefficient (Wildman–Crippen LogP) is 4.80. The van der Waals surface area contributed by atoms with Gasteiger partial charge >= 0.3 is 0 Å². The van der Waals surface area contributed by atoms with Crippen LogP contribution in [0.2, 0.25) is 5.02 Å². The molecule has 124 valence electrons. The van der Waals surface area contributed by atoms with E-state index >= 15 is 0 Å². The number of likely N-dealkylation sites (N-methyl/N-ethyl adjacent to an activating group) is 1. The third kappa shape index (κ3) is 2.48. The summed E-state index contributed by atoms with van der Waals surface area (Å²) < 4.78 is 5.30. The number of nitrogens with one attached hydrogen (secondary N) is 1. The molecule has 3 nitrogen and oxygen atoms in total. The van der Waals surface area contributed by atoms with Crippen LogP contribution in [0.1, 0.15) is 29.8 Å². The Hall–Kier alpha value is -1.97. The van der Waals surface area contributed by atoms with Crippen molar-refractivity contribution < 1.29 is 4.74 Å². The molecule has 0 aliphatic carbocycles. The normalized spacial score (nSPS) is 17.9. The molecule has 1 N–H and O–H groups in total. The number of methoxy groups -OCH3 is 1. The molecule has 4 heteroatoms. The quantitative estimate of drug-likeness (QED) is 0.742. The fourth-order valence-corrected chi connectivity index (χ4v) is 3.99. The second-order valence-electron chi connectivity index (χ2n) is 6.26. The summed E-state index contributed by atoms with van der Waals surface area (Å²) in [5.74, 6) is 0.890. The van der Waals surface area contributed by atoms with Gasteiger partial charge in [0.1, 0.15) is 5.75 Å². The molecule has 3 aromatic rings. The molecular weight excluding hydrogens is 320 g/mol. The van der Waals surface area contributed by atoms with E-state index in [1.165, 1.54) is 27.7 Å². The minimum absolute atomic E-state index is 0.246. The third-order valence-corrected chi connectivity index (χ3v) is 5.26. The minimum atomic E-state index is 0.246. The number of ether oxygens (including phenoxy) is 1. The maximum absolute atomic E-state index is 6.22. The van der Waals surface area contributed by atoms with Crippen LogP contribution in [-0.2, 0) is 6.42 Å². The number of nitrogens with zero attached hydrogens (tertiary/aromatic N) is 1. The van der Waals surface area contributed by atoms with Gasteiger partial charge in [-0.3, -0.25) is 4.90 Å². The van der Waals surface area contributed by atoms with Gasteiger partial charge in [-0.1, -0.05) is 30.7 Å². The Labute approximate surface area is 147 Å². The van der Waals surface area contributed by atoms with Crippen molar-refractivity contribution in [3.63, 3.8) is 0 Å². The molecule has 24 heavy (non-hydrogen) atoms. The van der Waals surface area contributed by atoms with Crippen LogP contribution in [0.25, 0.3) is 10.9 Å². The van der Waals surface area contributed by atoms with E-state index in [0.29, 0.717) is 0 Å². The Morgan fingerprint density at radius 2 is 2.00 bits per heavy atom. The van der Waals surface area contributed by atoms with Gasteiger partial charge in [-0.15, -0.1) is 0 Å². The lowest BCUT2D eigenvalue weighted by Crippen LogP contribution is -2.35. The van der Waals surface area contributed by atoms with Gasteiger partial charge in [-0.25, -0.2) is 0 Å². The Balaban J connectivity index is 1.87. The summed E-state index contributed by atoms with van der Waals surface area (Å²) in [4.78, 5) is 6.17. The lowest BCUT2D eigenvalue weighted by Gasteiger charge is -2.35. The van der Waals surface area contributed by atoms with Gasteiger partial charge < -0.3 is 9.72 Å². The van der Waals surface area contributed by atoms with Crippen LogP contribution in [0.5, 0.6) is 5.75 Å². The standard InChI is InChI=1S/C20H21ClN2O/c1-3-23-11-10-16-17-12-14(21)6-9-18(17)22-19(16)20(23)13-4-7-15(24-2)8-5-13/h4-9,12,20,22H,3,10-11H2,1-2H3. The zero-order valence-corrected chi connectivity index (χ0v) is 14.7. The number of benzene rings is 2. The number of fused-ring (bicyclic) bond motifs is 3. The highest BCUT2D eigenvalue weighted by molar-refractivity contribution is 6.31. The average molecular weight is 341 g/mol. The summed E-state index contributed by atoms with van der Waals surface area (Å²) >= 11 is 6.22. The van der Waals surface area contributed by atoms with Gasteiger partial charge in [-0.2, -0.15) is 0 Å². The number of H-pyrrole nitrogens is 1. The van der Waals surface area contributed by atoms with Crippen molar-refractivity contribution in [2.24, 2.45) is 0 Å². The third-order valence-electron chi connectivity index (χ3n) is 5.03. The van der Waals surface area contributed by atoms with Crippen molar-refractivity contribution in [2.45, 2.75) is 19.4 Å². The molecule has 1 aliphatic rings. The molecule has 0 amide bonds. The first kappa shape index (κ1) is 15.6. The lowest BCUT2D eigenvalue weighted by molar-refractivity contribution is 0.222. The zero-order valence-electron chi connectivity index (χ0n) is 14.0. The Bertz CT molecular complexity index is 869. The fraction of sp³-hybridized carbons (Fsp3) is 0.300.